The number of carbonyl (C=O) groups is 3. The molecule has 2 fully saturated rings. The zero-order valence-corrected chi connectivity index (χ0v) is 28.0. The molecule has 0 atom stereocenters. The van der Waals surface area contributed by atoms with Crippen LogP contribution in [0.1, 0.15) is 77.3 Å². The number of benzene rings is 1. The van der Waals surface area contributed by atoms with Gasteiger partial charge in [0, 0.05) is 62.7 Å². The second kappa shape index (κ2) is 14.4. The number of carbonyl (C=O) groups excluding carboxylic acids is 3. The summed E-state index contributed by atoms with van der Waals surface area (Å²) in [7, 11) is 0. The number of amides is 3. The fourth-order valence-electron chi connectivity index (χ4n) is 5.76. The first-order valence-electron chi connectivity index (χ1n) is 16.4. The molecule has 4 heterocycles. The van der Waals surface area contributed by atoms with Crippen LogP contribution in [0.15, 0.2) is 43.1 Å². The van der Waals surface area contributed by atoms with Crippen molar-refractivity contribution in [3.05, 3.63) is 54.2 Å². The molecular formula is C34H46N8O5. The number of fused-ring (bicyclic) bond motifs is 1. The molecule has 2 N–H and O–H groups in total. The Morgan fingerprint density at radius 2 is 1.74 bits per heavy atom. The molecule has 13 nitrogen and oxygen atoms in total. The van der Waals surface area contributed by atoms with E-state index in [-0.39, 0.29) is 41.9 Å². The average Bonchev–Trinajstić information content (AvgIpc) is 3.47. The van der Waals surface area contributed by atoms with E-state index < -0.39 is 5.60 Å². The van der Waals surface area contributed by atoms with E-state index in [0.717, 1.165) is 11.1 Å². The van der Waals surface area contributed by atoms with E-state index in [4.69, 9.17) is 14.5 Å². The van der Waals surface area contributed by atoms with Gasteiger partial charge in [-0.25, -0.2) is 4.79 Å². The fourth-order valence-corrected chi connectivity index (χ4v) is 5.76. The SMILES string of the molecule is C=CC(=O)N1CCC(C(=O)Nc2cccc(CNc3nc(OC4CCN(C(=O)OC(C)(C)C)CC4)nc4c(C(C)C)cnn34)c2)CC1. The topological polar surface area (TPSA) is 143 Å². The van der Waals surface area contributed by atoms with Gasteiger partial charge in [-0.2, -0.15) is 19.6 Å². The monoisotopic (exact) mass is 646 g/mol. The summed E-state index contributed by atoms with van der Waals surface area (Å²) in [6.45, 7) is 15.9. The van der Waals surface area contributed by atoms with Gasteiger partial charge in [-0.3, -0.25) is 9.59 Å². The highest BCUT2D eigenvalue weighted by atomic mass is 16.6. The Labute approximate surface area is 275 Å². The highest BCUT2D eigenvalue weighted by Crippen LogP contribution is 2.26. The first-order chi connectivity index (χ1) is 22.4. The van der Waals surface area contributed by atoms with Gasteiger partial charge in [0.15, 0.2) is 5.65 Å². The zero-order chi connectivity index (χ0) is 33.7. The van der Waals surface area contributed by atoms with Crippen molar-refractivity contribution in [2.75, 3.05) is 36.8 Å². The van der Waals surface area contributed by atoms with Gasteiger partial charge in [0.2, 0.25) is 17.8 Å². The van der Waals surface area contributed by atoms with Crippen LogP contribution in [0.5, 0.6) is 6.01 Å². The van der Waals surface area contributed by atoms with Crippen LogP contribution in [0.25, 0.3) is 5.65 Å². The van der Waals surface area contributed by atoms with Crippen molar-refractivity contribution in [3.63, 3.8) is 0 Å². The molecule has 0 aliphatic carbocycles. The molecular weight excluding hydrogens is 600 g/mol. The van der Waals surface area contributed by atoms with Gasteiger partial charge in [0.25, 0.3) is 0 Å². The Hall–Kier alpha value is -4.68. The molecule has 3 amide bonds. The van der Waals surface area contributed by atoms with Crippen LogP contribution >= 0.6 is 0 Å². The van der Waals surface area contributed by atoms with Gasteiger partial charge in [0.05, 0.1) is 6.20 Å². The maximum Gasteiger partial charge on any atom is 0.410 e. The number of piperidine rings is 2. The van der Waals surface area contributed by atoms with E-state index in [1.54, 1.807) is 20.5 Å². The summed E-state index contributed by atoms with van der Waals surface area (Å²) < 4.78 is 13.5. The van der Waals surface area contributed by atoms with Crippen molar-refractivity contribution < 1.29 is 23.9 Å². The van der Waals surface area contributed by atoms with Gasteiger partial charge in [-0.1, -0.05) is 32.6 Å². The molecule has 0 spiro atoms. The number of aromatic nitrogens is 4. The largest absolute Gasteiger partial charge is 0.460 e. The minimum Gasteiger partial charge on any atom is -0.460 e. The quantitative estimate of drug-likeness (QED) is 0.307. The Morgan fingerprint density at radius 1 is 1.04 bits per heavy atom. The minimum absolute atomic E-state index is 0.0465. The molecule has 0 radical (unpaired) electrons. The Morgan fingerprint density at radius 3 is 2.40 bits per heavy atom. The molecule has 0 bridgehead atoms. The number of ether oxygens (including phenoxy) is 2. The van der Waals surface area contributed by atoms with Crippen molar-refractivity contribution in [3.8, 4) is 6.01 Å². The lowest BCUT2D eigenvalue weighted by molar-refractivity contribution is -0.130. The van der Waals surface area contributed by atoms with E-state index in [9.17, 15) is 14.4 Å². The van der Waals surface area contributed by atoms with Crippen LogP contribution in [0, 0.1) is 5.92 Å². The zero-order valence-electron chi connectivity index (χ0n) is 28.0. The van der Waals surface area contributed by atoms with Crippen molar-refractivity contribution in [1.29, 1.82) is 0 Å². The number of anilines is 2. The van der Waals surface area contributed by atoms with Crippen molar-refractivity contribution >= 4 is 35.2 Å². The second-order valence-corrected chi connectivity index (χ2v) is 13.5. The highest BCUT2D eigenvalue weighted by molar-refractivity contribution is 5.93. The second-order valence-electron chi connectivity index (χ2n) is 13.5. The normalized spacial score (nSPS) is 16.3. The number of nitrogens with one attached hydrogen (secondary N) is 2. The standard InChI is InChI=1S/C34H46N8O5/c1-7-28(43)40-15-11-24(12-16-40)30(44)37-25-10-8-9-23(19-25)20-35-31-39-32(38-29-27(22(2)3)21-36-42(29)31)46-26-13-17-41(18-14-26)33(45)47-34(4,5)6/h7-10,19,21-22,24,26H,1,11-18,20H2,2-6H3,(H,37,44)(H,35,38,39). The molecule has 13 heteroatoms. The van der Waals surface area contributed by atoms with Crippen molar-refractivity contribution in [2.24, 2.45) is 5.92 Å². The maximum absolute atomic E-state index is 13.0. The summed E-state index contributed by atoms with van der Waals surface area (Å²) in [6.07, 6.45) is 5.16. The lowest BCUT2D eigenvalue weighted by Crippen LogP contribution is -2.44. The highest BCUT2D eigenvalue weighted by Gasteiger charge is 2.29. The molecule has 5 rings (SSSR count). The Balaban J connectivity index is 1.23. The van der Waals surface area contributed by atoms with E-state index >= 15 is 0 Å². The first kappa shape index (κ1) is 33.7. The summed E-state index contributed by atoms with van der Waals surface area (Å²) in [6, 6.07) is 7.91. The molecule has 1 aromatic carbocycles. The summed E-state index contributed by atoms with van der Waals surface area (Å²) >= 11 is 0. The smallest absolute Gasteiger partial charge is 0.410 e. The van der Waals surface area contributed by atoms with Gasteiger partial charge in [-0.15, -0.1) is 0 Å². The van der Waals surface area contributed by atoms with E-state index in [1.165, 1.54) is 6.08 Å². The summed E-state index contributed by atoms with van der Waals surface area (Å²) in [5, 5.41) is 11.0. The number of likely N-dealkylation sites (tertiary alicyclic amines) is 2. The molecule has 2 aromatic heterocycles. The Bertz CT molecular complexity index is 1600. The first-order valence-corrected chi connectivity index (χ1v) is 16.4. The fraction of sp³-hybridized carbons (Fsp3) is 0.529. The van der Waals surface area contributed by atoms with Gasteiger partial charge < -0.3 is 29.9 Å². The van der Waals surface area contributed by atoms with Crippen molar-refractivity contribution in [2.45, 2.75) is 84.5 Å². The van der Waals surface area contributed by atoms with Gasteiger partial charge in [0.1, 0.15) is 11.7 Å². The van der Waals surface area contributed by atoms with Crippen LogP contribution in [0.4, 0.5) is 16.4 Å². The van der Waals surface area contributed by atoms with Gasteiger partial charge >= 0.3 is 12.1 Å². The average molecular weight is 647 g/mol. The molecule has 0 unspecified atom stereocenters. The van der Waals surface area contributed by atoms with E-state index in [1.807, 2.05) is 45.0 Å². The minimum atomic E-state index is -0.543. The third-order valence-corrected chi connectivity index (χ3v) is 8.36. The molecule has 3 aromatic rings. The van der Waals surface area contributed by atoms with E-state index in [0.29, 0.717) is 75.7 Å². The van der Waals surface area contributed by atoms with Crippen LogP contribution in [-0.2, 0) is 20.9 Å². The summed E-state index contributed by atoms with van der Waals surface area (Å²) in [5.41, 5.74) is 2.74. The van der Waals surface area contributed by atoms with Gasteiger partial charge in [-0.05, 0) is 63.3 Å². The predicted molar refractivity (Wildman–Crippen MR) is 178 cm³/mol. The van der Waals surface area contributed by atoms with E-state index in [2.05, 4.69) is 41.1 Å². The third kappa shape index (κ3) is 8.57. The number of rotatable bonds is 9. The van der Waals surface area contributed by atoms with Crippen molar-refractivity contribution in [1.82, 2.24) is 29.4 Å². The molecule has 252 valence electrons. The lowest BCUT2D eigenvalue weighted by Gasteiger charge is -2.33. The number of hydrogen-bond donors (Lipinski definition) is 2. The summed E-state index contributed by atoms with van der Waals surface area (Å²) in [4.78, 5) is 50.2. The lowest BCUT2D eigenvalue weighted by atomic mass is 9.95. The van der Waals surface area contributed by atoms with Crippen LogP contribution in [-0.4, -0.2) is 85.2 Å². The predicted octanol–water partition coefficient (Wildman–Crippen LogP) is 5.00. The van der Waals surface area contributed by atoms with Crippen LogP contribution < -0.4 is 15.4 Å². The van der Waals surface area contributed by atoms with Crippen LogP contribution in [0.2, 0.25) is 0 Å². The maximum atomic E-state index is 13.0. The molecule has 2 aliphatic rings. The van der Waals surface area contributed by atoms with Crippen LogP contribution in [0.3, 0.4) is 0 Å². The molecule has 47 heavy (non-hydrogen) atoms. The number of hydrogen-bond acceptors (Lipinski definition) is 9. The molecule has 2 saturated heterocycles. The molecule has 0 saturated carbocycles. The third-order valence-electron chi connectivity index (χ3n) is 8.36. The Kier molecular flexibility index (Phi) is 10.3. The number of nitrogens with zero attached hydrogens (tertiary/aromatic N) is 6. The molecule has 2 aliphatic heterocycles. The summed E-state index contributed by atoms with van der Waals surface area (Å²) in [5.74, 6) is 0.376.